The molecule has 0 aliphatic heterocycles. The van der Waals surface area contributed by atoms with E-state index in [1.165, 1.54) is 14.2 Å². The second-order valence-electron chi connectivity index (χ2n) is 7.64. The smallest absolute Gasteiger partial charge is 0.311 e. The molecule has 3 rings (SSSR count). The molecule has 0 spiro atoms. The Kier molecular flexibility index (Phi) is 8.24. The van der Waals surface area contributed by atoms with Crippen LogP contribution in [0.5, 0.6) is 23.0 Å². The van der Waals surface area contributed by atoms with Gasteiger partial charge in [-0.25, -0.2) is 0 Å². The Morgan fingerprint density at radius 2 is 1.21 bits per heavy atom. The second kappa shape index (κ2) is 11.3. The van der Waals surface area contributed by atoms with Gasteiger partial charge in [0, 0.05) is 24.0 Å². The number of Topliss-reactive ketones (excluding diaryl/α,β-unsaturated/α-hetero) is 1. The lowest BCUT2D eigenvalue weighted by Crippen LogP contribution is -2.06. The van der Waals surface area contributed by atoms with Gasteiger partial charge in [0.25, 0.3) is 0 Å². The molecule has 2 aromatic rings. The molecule has 2 aromatic carbocycles. The normalized spacial score (nSPS) is 15.5. The summed E-state index contributed by atoms with van der Waals surface area (Å²) in [5.41, 5.74) is 2.87. The number of carbonyl (C=O) groups is 3. The molecule has 0 bridgehead atoms. The number of allylic oxidation sites excluding steroid dienone is 2. The van der Waals surface area contributed by atoms with Crippen LogP contribution in [0, 0.1) is 0 Å². The lowest BCUT2D eigenvalue weighted by molar-refractivity contribution is -0.135. The Bertz CT molecular complexity index is 1160. The average Bonchev–Trinajstić information content (AvgIpc) is 3.18. The summed E-state index contributed by atoms with van der Waals surface area (Å²) in [6, 6.07) is 10.4. The van der Waals surface area contributed by atoms with Gasteiger partial charge in [0.2, 0.25) is 0 Å². The van der Waals surface area contributed by atoms with Gasteiger partial charge in [0.15, 0.2) is 28.8 Å². The Morgan fingerprint density at radius 3 is 1.71 bits per heavy atom. The molecule has 0 amide bonds. The zero-order chi connectivity index (χ0) is 24.7. The van der Waals surface area contributed by atoms with Crippen molar-refractivity contribution in [3.8, 4) is 23.0 Å². The first-order valence-electron chi connectivity index (χ1n) is 11.1. The third kappa shape index (κ3) is 5.92. The van der Waals surface area contributed by atoms with Gasteiger partial charge in [-0.3, -0.25) is 14.4 Å². The van der Waals surface area contributed by atoms with Crippen LogP contribution >= 0.6 is 0 Å². The van der Waals surface area contributed by atoms with E-state index in [-0.39, 0.29) is 30.6 Å². The fraction of sp³-hybridized carbons (Fsp3) is 0.296. The molecule has 7 heteroatoms. The number of benzene rings is 2. The molecule has 0 atom stereocenters. The van der Waals surface area contributed by atoms with Crippen molar-refractivity contribution in [2.45, 2.75) is 39.5 Å². The van der Waals surface area contributed by atoms with Crippen molar-refractivity contribution in [1.82, 2.24) is 0 Å². The van der Waals surface area contributed by atoms with Crippen molar-refractivity contribution in [2.24, 2.45) is 0 Å². The predicted octanol–water partition coefficient (Wildman–Crippen LogP) is 5.16. The largest absolute Gasteiger partial charge is 0.493 e. The van der Waals surface area contributed by atoms with E-state index in [4.69, 9.17) is 18.9 Å². The zero-order valence-corrected chi connectivity index (χ0v) is 19.8. The van der Waals surface area contributed by atoms with E-state index in [1.807, 2.05) is 12.1 Å². The summed E-state index contributed by atoms with van der Waals surface area (Å²) in [5.74, 6) is 0.777. The topological polar surface area (TPSA) is 88.1 Å². The minimum absolute atomic E-state index is 0.0385. The molecular formula is C27H28O7. The summed E-state index contributed by atoms with van der Waals surface area (Å²) in [7, 11) is 3.00. The number of ketones is 1. The number of esters is 2. The van der Waals surface area contributed by atoms with E-state index in [9.17, 15) is 14.4 Å². The maximum absolute atomic E-state index is 13.0. The Labute approximate surface area is 199 Å². The van der Waals surface area contributed by atoms with Crippen LogP contribution in [0.4, 0.5) is 0 Å². The summed E-state index contributed by atoms with van der Waals surface area (Å²) in [6.45, 7) is 3.43. The fourth-order valence-electron chi connectivity index (χ4n) is 3.49. The van der Waals surface area contributed by atoms with Crippen LogP contribution in [-0.2, 0) is 14.4 Å². The van der Waals surface area contributed by atoms with E-state index >= 15 is 0 Å². The highest BCUT2D eigenvalue weighted by molar-refractivity contribution is 6.15. The van der Waals surface area contributed by atoms with Crippen LogP contribution in [0.25, 0.3) is 12.2 Å². The molecule has 1 aliphatic carbocycles. The first kappa shape index (κ1) is 24.8. The third-order valence-corrected chi connectivity index (χ3v) is 5.33. The van der Waals surface area contributed by atoms with Crippen LogP contribution in [0.1, 0.15) is 50.7 Å². The summed E-state index contributed by atoms with van der Waals surface area (Å²) in [5, 5.41) is 0. The van der Waals surface area contributed by atoms with Crippen molar-refractivity contribution >= 4 is 29.9 Å². The standard InChI is InChI=1S/C27H28O7/c1-5-25(28)33-22-12-8-17(15-23(22)32-4)13-19-9-10-20(27(19)30)14-18-7-11-21(31-3)24(16-18)34-26(29)6-2/h7-8,11-16H,5-6,9-10H2,1-4H3/b19-13+,20-14+. The number of carbonyl (C=O) groups excluding carboxylic acids is 3. The summed E-state index contributed by atoms with van der Waals surface area (Å²) >= 11 is 0. The number of methoxy groups -OCH3 is 2. The Hall–Kier alpha value is -3.87. The summed E-state index contributed by atoms with van der Waals surface area (Å²) < 4.78 is 21.2. The first-order valence-corrected chi connectivity index (χ1v) is 11.1. The Morgan fingerprint density at radius 1 is 0.735 bits per heavy atom. The molecule has 7 nitrogen and oxygen atoms in total. The van der Waals surface area contributed by atoms with Crippen molar-refractivity contribution in [3.05, 3.63) is 58.7 Å². The quantitative estimate of drug-likeness (QED) is 0.303. The fourth-order valence-corrected chi connectivity index (χ4v) is 3.49. The minimum atomic E-state index is -0.365. The monoisotopic (exact) mass is 464 g/mol. The number of ether oxygens (including phenoxy) is 4. The number of rotatable bonds is 8. The molecular weight excluding hydrogens is 436 g/mol. The molecule has 0 N–H and O–H groups in total. The van der Waals surface area contributed by atoms with Gasteiger partial charge in [-0.05, 0) is 60.4 Å². The number of hydrogen-bond donors (Lipinski definition) is 0. The number of hydrogen-bond acceptors (Lipinski definition) is 7. The molecule has 1 fully saturated rings. The van der Waals surface area contributed by atoms with Crippen molar-refractivity contribution in [2.75, 3.05) is 14.2 Å². The second-order valence-corrected chi connectivity index (χ2v) is 7.64. The molecule has 0 unspecified atom stereocenters. The van der Waals surface area contributed by atoms with Crippen molar-refractivity contribution in [1.29, 1.82) is 0 Å². The molecule has 0 radical (unpaired) electrons. The van der Waals surface area contributed by atoms with Crippen LogP contribution in [0.2, 0.25) is 0 Å². The minimum Gasteiger partial charge on any atom is -0.493 e. The van der Waals surface area contributed by atoms with Gasteiger partial charge < -0.3 is 18.9 Å². The molecule has 1 aliphatic rings. The SMILES string of the molecule is CCC(=O)Oc1ccc(/C=C2\CC/C(=C\c3ccc(OC)c(OC(=O)CC)c3)C2=O)cc1OC. The van der Waals surface area contributed by atoms with E-state index < -0.39 is 0 Å². The van der Waals surface area contributed by atoms with E-state index in [0.717, 1.165) is 11.1 Å². The van der Waals surface area contributed by atoms with Crippen LogP contribution in [0.15, 0.2) is 47.5 Å². The van der Waals surface area contributed by atoms with Crippen LogP contribution < -0.4 is 18.9 Å². The van der Waals surface area contributed by atoms with Gasteiger partial charge in [-0.15, -0.1) is 0 Å². The molecule has 178 valence electrons. The Balaban J connectivity index is 1.82. The molecule has 34 heavy (non-hydrogen) atoms. The highest BCUT2D eigenvalue weighted by Gasteiger charge is 2.23. The van der Waals surface area contributed by atoms with Crippen LogP contribution in [-0.4, -0.2) is 31.9 Å². The van der Waals surface area contributed by atoms with Gasteiger partial charge in [-0.1, -0.05) is 26.0 Å². The predicted molar refractivity (Wildman–Crippen MR) is 128 cm³/mol. The third-order valence-electron chi connectivity index (χ3n) is 5.33. The highest BCUT2D eigenvalue weighted by Crippen LogP contribution is 2.34. The first-order chi connectivity index (χ1) is 16.4. The van der Waals surface area contributed by atoms with Gasteiger partial charge in [-0.2, -0.15) is 0 Å². The van der Waals surface area contributed by atoms with Crippen LogP contribution in [0.3, 0.4) is 0 Å². The maximum atomic E-state index is 13.0. The molecule has 1 saturated carbocycles. The average molecular weight is 465 g/mol. The van der Waals surface area contributed by atoms with Gasteiger partial charge in [0.05, 0.1) is 14.2 Å². The van der Waals surface area contributed by atoms with E-state index in [2.05, 4.69) is 0 Å². The van der Waals surface area contributed by atoms with Gasteiger partial charge in [0.1, 0.15) is 0 Å². The lowest BCUT2D eigenvalue weighted by Gasteiger charge is -2.10. The maximum Gasteiger partial charge on any atom is 0.311 e. The lowest BCUT2D eigenvalue weighted by atomic mass is 10.1. The van der Waals surface area contributed by atoms with Gasteiger partial charge >= 0.3 is 11.9 Å². The van der Waals surface area contributed by atoms with Crippen molar-refractivity contribution in [3.63, 3.8) is 0 Å². The summed E-state index contributed by atoms with van der Waals surface area (Å²) in [6.07, 6.45) is 5.33. The summed E-state index contributed by atoms with van der Waals surface area (Å²) in [4.78, 5) is 36.3. The molecule has 0 heterocycles. The molecule has 0 saturated heterocycles. The van der Waals surface area contributed by atoms with Crippen molar-refractivity contribution < 1.29 is 33.3 Å². The van der Waals surface area contributed by atoms with E-state index in [1.54, 1.807) is 50.3 Å². The molecule has 0 aromatic heterocycles. The highest BCUT2D eigenvalue weighted by atomic mass is 16.6. The van der Waals surface area contributed by atoms with E-state index in [0.29, 0.717) is 47.0 Å². The zero-order valence-electron chi connectivity index (χ0n) is 19.8.